The summed E-state index contributed by atoms with van der Waals surface area (Å²) in [5, 5.41) is 0. The van der Waals surface area contributed by atoms with Crippen LogP contribution in [-0.4, -0.2) is 32.1 Å². The number of nitrogens with two attached hydrogens (primary N) is 1. The SMILES string of the molecule is COc1cc(C)cc(C2CC(CN)CN2C)c1Br. The van der Waals surface area contributed by atoms with Crippen molar-refractivity contribution in [2.45, 2.75) is 19.4 Å². The van der Waals surface area contributed by atoms with E-state index < -0.39 is 0 Å². The predicted molar refractivity (Wildman–Crippen MR) is 78.0 cm³/mol. The highest BCUT2D eigenvalue weighted by Gasteiger charge is 2.31. The summed E-state index contributed by atoms with van der Waals surface area (Å²) in [5.41, 5.74) is 8.34. The Bertz CT molecular complexity index is 436. The van der Waals surface area contributed by atoms with Crippen LogP contribution in [0, 0.1) is 12.8 Å². The monoisotopic (exact) mass is 312 g/mol. The van der Waals surface area contributed by atoms with Crippen molar-refractivity contribution < 1.29 is 4.74 Å². The van der Waals surface area contributed by atoms with Gasteiger partial charge in [-0.15, -0.1) is 0 Å². The lowest BCUT2D eigenvalue weighted by atomic mass is 9.98. The smallest absolute Gasteiger partial charge is 0.133 e. The highest BCUT2D eigenvalue weighted by molar-refractivity contribution is 9.10. The van der Waals surface area contributed by atoms with Crippen LogP contribution in [-0.2, 0) is 0 Å². The number of methoxy groups -OCH3 is 1. The van der Waals surface area contributed by atoms with Gasteiger partial charge in [0.05, 0.1) is 11.6 Å². The molecule has 2 N–H and O–H groups in total. The second-order valence-electron chi connectivity index (χ2n) is 5.16. The van der Waals surface area contributed by atoms with E-state index in [4.69, 9.17) is 10.5 Å². The second kappa shape index (κ2) is 5.59. The maximum absolute atomic E-state index is 5.80. The predicted octanol–water partition coefficient (Wildman–Crippen LogP) is 2.72. The fourth-order valence-electron chi connectivity index (χ4n) is 2.79. The van der Waals surface area contributed by atoms with Gasteiger partial charge < -0.3 is 10.5 Å². The Labute approximate surface area is 117 Å². The van der Waals surface area contributed by atoms with Gasteiger partial charge in [-0.2, -0.15) is 0 Å². The molecule has 4 heteroatoms. The Balaban J connectivity index is 2.36. The van der Waals surface area contributed by atoms with E-state index in [0.717, 1.165) is 29.7 Å². The molecule has 3 nitrogen and oxygen atoms in total. The normalized spacial score (nSPS) is 24.5. The molecule has 0 bridgehead atoms. The first-order chi connectivity index (χ1) is 8.56. The van der Waals surface area contributed by atoms with Crippen molar-refractivity contribution in [3.05, 3.63) is 27.7 Å². The fraction of sp³-hybridized carbons (Fsp3) is 0.571. The topological polar surface area (TPSA) is 38.5 Å². The van der Waals surface area contributed by atoms with Gasteiger partial charge in [0.25, 0.3) is 0 Å². The number of rotatable bonds is 3. The van der Waals surface area contributed by atoms with Crippen molar-refractivity contribution in [1.82, 2.24) is 4.90 Å². The third-order valence-electron chi connectivity index (χ3n) is 3.76. The second-order valence-corrected chi connectivity index (χ2v) is 5.96. The summed E-state index contributed by atoms with van der Waals surface area (Å²) in [7, 11) is 3.88. The zero-order valence-electron chi connectivity index (χ0n) is 11.2. The van der Waals surface area contributed by atoms with Gasteiger partial charge in [0.1, 0.15) is 5.75 Å². The van der Waals surface area contributed by atoms with Crippen LogP contribution < -0.4 is 10.5 Å². The highest BCUT2D eigenvalue weighted by atomic mass is 79.9. The van der Waals surface area contributed by atoms with Gasteiger partial charge >= 0.3 is 0 Å². The molecule has 1 aliphatic heterocycles. The number of ether oxygens (including phenoxy) is 1. The van der Waals surface area contributed by atoms with Crippen LogP contribution in [0.2, 0.25) is 0 Å². The molecule has 0 radical (unpaired) electrons. The molecule has 0 aliphatic carbocycles. The molecule has 1 aromatic carbocycles. The van der Waals surface area contributed by atoms with Crippen molar-refractivity contribution in [3.63, 3.8) is 0 Å². The molecule has 2 unspecified atom stereocenters. The van der Waals surface area contributed by atoms with Gasteiger partial charge in [-0.05, 0) is 66.0 Å². The first kappa shape index (κ1) is 13.8. The molecule has 0 amide bonds. The summed E-state index contributed by atoms with van der Waals surface area (Å²) < 4.78 is 6.50. The molecule has 1 fully saturated rings. The highest BCUT2D eigenvalue weighted by Crippen LogP contribution is 2.41. The van der Waals surface area contributed by atoms with Crippen LogP contribution in [0.1, 0.15) is 23.6 Å². The van der Waals surface area contributed by atoms with Gasteiger partial charge in [0.15, 0.2) is 0 Å². The number of hydrogen-bond acceptors (Lipinski definition) is 3. The van der Waals surface area contributed by atoms with Crippen LogP contribution in [0.5, 0.6) is 5.75 Å². The molecule has 1 aliphatic rings. The molecular formula is C14H21BrN2O. The molecular weight excluding hydrogens is 292 g/mol. The van der Waals surface area contributed by atoms with E-state index in [0.29, 0.717) is 12.0 Å². The van der Waals surface area contributed by atoms with Crippen molar-refractivity contribution in [2.75, 3.05) is 27.2 Å². The summed E-state index contributed by atoms with van der Waals surface area (Å²) in [4.78, 5) is 2.39. The molecule has 0 saturated carbocycles. The lowest BCUT2D eigenvalue weighted by Crippen LogP contribution is -2.20. The third kappa shape index (κ3) is 2.56. The Morgan fingerprint density at radius 3 is 2.78 bits per heavy atom. The lowest BCUT2D eigenvalue weighted by Gasteiger charge is -2.22. The first-order valence-corrected chi connectivity index (χ1v) is 7.10. The molecule has 0 spiro atoms. The summed E-state index contributed by atoms with van der Waals surface area (Å²) >= 11 is 3.67. The first-order valence-electron chi connectivity index (χ1n) is 6.31. The van der Waals surface area contributed by atoms with Crippen LogP contribution >= 0.6 is 15.9 Å². The van der Waals surface area contributed by atoms with Gasteiger partial charge in [-0.1, -0.05) is 6.07 Å². The van der Waals surface area contributed by atoms with Crippen molar-refractivity contribution >= 4 is 15.9 Å². The number of nitrogens with zero attached hydrogens (tertiary/aromatic N) is 1. The molecule has 18 heavy (non-hydrogen) atoms. The maximum atomic E-state index is 5.80. The van der Waals surface area contributed by atoms with Crippen LogP contribution in [0.3, 0.4) is 0 Å². The summed E-state index contributed by atoms with van der Waals surface area (Å²) in [6.07, 6.45) is 1.12. The molecule has 2 rings (SSSR count). The van der Waals surface area contributed by atoms with Crippen molar-refractivity contribution in [2.24, 2.45) is 11.7 Å². The quantitative estimate of drug-likeness (QED) is 0.932. The average molecular weight is 313 g/mol. The number of aryl methyl sites for hydroxylation is 1. The summed E-state index contributed by atoms with van der Waals surface area (Å²) in [6.45, 7) is 3.94. The molecule has 1 aromatic rings. The zero-order valence-corrected chi connectivity index (χ0v) is 12.8. The van der Waals surface area contributed by atoms with Gasteiger partial charge in [-0.25, -0.2) is 0 Å². The minimum atomic E-state index is 0.432. The number of likely N-dealkylation sites (tertiary alicyclic amines) is 1. The molecule has 1 saturated heterocycles. The van der Waals surface area contributed by atoms with Gasteiger partial charge in [0, 0.05) is 12.6 Å². The summed E-state index contributed by atoms with van der Waals surface area (Å²) in [6, 6.07) is 4.73. The van der Waals surface area contributed by atoms with E-state index in [9.17, 15) is 0 Å². The maximum Gasteiger partial charge on any atom is 0.133 e. The lowest BCUT2D eigenvalue weighted by molar-refractivity contribution is 0.311. The largest absolute Gasteiger partial charge is 0.496 e. The van der Waals surface area contributed by atoms with Crippen LogP contribution in [0.25, 0.3) is 0 Å². The summed E-state index contributed by atoms with van der Waals surface area (Å²) in [5.74, 6) is 1.51. The minimum Gasteiger partial charge on any atom is -0.496 e. The van der Waals surface area contributed by atoms with Gasteiger partial charge in [0.2, 0.25) is 0 Å². The van der Waals surface area contributed by atoms with Gasteiger partial charge in [-0.3, -0.25) is 4.90 Å². The molecule has 1 heterocycles. The van der Waals surface area contributed by atoms with Crippen LogP contribution in [0.15, 0.2) is 16.6 Å². The van der Waals surface area contributed by atoms with E-state index in [1.165, 1.54) is 11.1 Å². The Kier molecular flexibility index (Phi) is 4.30. The van der Waals surface area contributed by atoms with E-state index in [1.54, 1.807) is 7.11 Å². The third-order valence-corrected chi connectivity index (χ3v) is 4.61. The van der Waals surface area contributed by atoms with E-state index in [1.807, 2.05) is 0 Å². The number of hydrogen-bond donors (Lipinski definition) is 1. The van der Waals surface area contributed by atoms with E-state index in [-0.39, 0.29) is 0 Å². The van der Waals surface area contributed by atoms with Crippen molar-refractivity contribution in [1.29, 1.82) is 0 Å². The molecule has 2 atom stereocenters. The number of benzene rings is 1. The standard InChI is InChI=1S/C14H21BrN2O/c1-9-4-11(14(15)13(5-9)18-3)12-6-10(7-16)8-17(12)2/h4-5,10,12H,6-8,16H2,1-3H3. The Hall–Kier alpha value is -0.580. The Morgan fingerprint density at radius 2 is 2.22 bits per heavy atom. The van der Waals surface area contributed by atoms with Crippen LogP contribution in [0.4, 0.5) is 0 Å². The zero-order chi connectivity index (χ0) is 13.3. The fourth-order valence-corrected chi connectivity index (χ4v) is 3.45. The van der Waals surface area contributed by atoms with E-state index >= 15 is 0 Å². The molecule has 100 valence electrons. The number of halogens is 1. The van der Waals surface area contributed by atoms with Crippen molar-refractivity contribution in [3.8, 4) is 5.75 Å². The molecule has 0 aromatic heterocycles. The average Bonchev–Trinajstić information content (AvgIpc) is 2.73. The van der Waals surface area contributed by atoms with E-state index in [2.05, 4.69) is 46.9 Å². The minimum absolute atomic E-state index is 0.432. The Morgan fingerprint density at radius 1 is 1.50 bits per heavy atom.